The molecule has 100 valence electrons. The number of benzene rings is 1. The summed E-state index contributed by atoms with van der Waals surface area (Å²) in [6, 6.07) is 9.53. The van der Waals surface area contributed by atoms with E-state index in [1.54, 1.807) is 19.6 Å². The Hall–Kier alpha value is -2.14. The highest BCUT2D eigenvalue weighted by Gasteiger charge is 2.40. The van der Waals surface area contributed by atoms with Gasteiger partial charge in [-0.1, -0.05) is 30.3 Å². The van der Waals surface area contributed by atoms with Gasteiger partial charge in [0.1, 0.15) is 0 Å². The second-order valence-corrected chi connectivity index (χ2v) is 4.25. The predicted octanol–water partition coefficient (Wildman–Crippen LogP) is 1.17. The first-order valence-electron chi connectivity index (χ1n) is 6.01. The number of imidazole rings is 1. The van der Waals surface area contributed by atoms with Crippen molar-refractivity contribution in [3.63, 3.8) is 0 Å². The molecule has 0 aliphatic heterocycles. The number of hydrogen-bond donors (Lipinski definition) is 1. The molecule has 1 atom stereocenters. The number of carbonyl (C=O) groups excluding carboxylic acids is 1. The summed E-state index contributed by atoms with van der Waals surface area (Å²) in [5.74, 6) is -0.324. The van der Waals surface area contributed by atoms with Gasteiger partial charge in [-0.25, -0.2) is 9.78 Å². The van der Waals surface area contributed by atoms with Crippen LogP contribution in [0.15, 0.2) is 49.1 Å². The number of aromatic nitrogens is 2. The van der Waals surface area contributed by atoms with Crippen LogP contribution >= 0.6 is 0 Å². The summed E-state index contributed by atoms with van der Waals surface area (Å²) in [5, 5.41) is 3.10. The Morgan fingerprint density at radius 3 is 2.68 bits per heavy atom. The monoisotopic (exact) mass is 259 g/mol. The summed E-state index contributed by atoms with van der Waals surface area (Å²) in [6.07, 6.45) is 5.18. The van der Waals surface area contributed by atoms with Crippen LogP contribution in [-0.2, 0) is 21.6 Å². The van der Waals surface area contributed by atoms with Gasteiger partial charge in [-0.05, 0) is 12.6 Å². The molecule has 0 saturated heterocycles. The van der Waals surface area contributed by atoms with Crippen molar-refractivity contribution in [1.29, 1.82) is 0 Å². The average Bonchev–Trinajstić information content (AvgIpc) is 2.97. The second kappa shape index (κ2) is 5.67. The molecule has 0 aliphatic rings. The maximum absolute atomic E-state index is 12.3. The Balaban J connectivity index is 2.45. The first kappa shape index (κ1) is 13.3. The van der Waals surface area contributed by atoms with Crippen LogP contribution in [0.25, 0.3) is 0 Å². The lowest BCUT2D eigenvalue weighted by molar-refractivity contribution is -0.149. The minimum Gasteiger partial charge on any atom is -0.467 e. The van der Waals surface area contributed by atoms with E-state index < -0.39 is 5.54 Å². The average molecular weight is 259 g/mol. The topological polar surface area (TPSA) is 56.2 Å². The van der Waals surface area contributed by atoms with E-state index >= 15 is 0 Å². The van der Waals surface area contributed by atoms with E-state index in [0.29, 0.717) is 6.54 Å². The zero-order chi connectivity index (χ0) is 13.7. The molecule has 1 heterocycles. The van der Waals surface area contributed by atoms with Crippen molar-refractivity contribution in [2.24, 2.45) is 0 Å². The summed E-state index contributed by atoms with van der Waals surface area (Å²) in [7, 11) is 3.14. The van der Waals surface area contributed by atoms with E-state index in [1.807, 2.05) is 41.1 Å². The van der Waals surface area contributed by atoms with Crippen LogP contribution < -0.4 is 5.32 Å². The number of hydrogen-bond acceptors (Lipinski definition) is 4. The van der Waals surface area contributed by atoms with E-state index in [2.05, 4.69) is 10.3 Å². The van der Waals surface area contributed by atoms with Gasteiger partial charge in [0.05, 0.1) is 20.0 Å². The Bertz CT molecular complexity index is 525. The largest absolute Gasteiger partial charge is 0.467 e. The third kappa shape index (κ3) is 2.51. The molecule has 0 spiro atoms. The molecule has 0 amide bonds. The maximum Gasteiger partial charge on any atom is 0.332 e. The van der Waals surface area contributed by atoms with Crippen LogP contribution in [0.3, 0.4) is 0 Å². The van der Waals surface area contributed by atoms with Crippen molar-refractivity contribution < 1.29 is 9.53 Å². The molecule has 0 bridgehead atoms. The summed E-state index contributed by atoms with van der Waals surface area (Å²) < 4.78 is 6.82. The fourth-order valence-corrected chi connectivity index (χ4v) is 2.15. The molecular weight excluding hydrogens is 242 g/mol. The standard InChI is InChI=1S/C14H17N3O2/c1-15-14(13(18)19-2,10-17-9-8-16-11-17)12-6-4-3-5-7-12/h3-9,11,15H,10H2,1-2H3. The first-order chi connectivity index (χ1) is 9.23. The lowest BCUT2D eigenvalue weighted by atomic mass is 9.89. The van der Waals surface area contributed by atoms with Gasteiger partial charge >= 0.3 is 5.97 Å². The molecule has 2 rings (SSSR count). The van der Waals surface area contributed by atoms with Crippen molar-refractivity contribution in [2.75, 3.05) is 14.2 Å². The number of methoxy groups -OCH3 is 1. The first-order valence-corrected chi connectivity index (χ1v) is 6.01. The van der Waals surface area contributed by atoms with Gasteiger partial charge < -0.3 is 9.30 Å². The lowest BCUT2D eigenvalue weighted by Gasteiger charge is -2.31. The number of nitrogens with one attached hydrogen (secondary N) is 1. The molecule has 2 aromatic rings. The number of rotatable bonds is 5. The van der Waals surface area contributed by atoms with Crippen LogP contribution in [0, 0.1) is 0 Å². The van der Waals surface area contributed by atoms with Gasteiger partial charge in [0, 0.05) is 12.4 Å². The van der Waals surface area contributed by atoms with Crippen LogP contribution in [0.2, 0.25) is 0 Å². The molecule has 5 nitrogen and oxygen atoms in total. The van der Waals surface area contributed by atoms with E-state index in [4.69, 9.17) is 4.74 Å². The van der Waals surface area contributed by atoms with Crippen molar-refractivity contribution in [3.05, 3.63) is 54.6 Å². The Morgan fingerprint density at radius 1 is 1.42 bits per heavy atom. The minimum atomic E-state index is -0.920. The number of carbonyl (C=O) groups is 1. The van der Waals surface area contributed by atoms with Crippen molar-refractivity contribution in [3.8, 4) is 0 Å². The quantitative estimate of drug-likeness (QED) is 0.819. The summed E-state index contributed by atoms with van der Waals surface area (Å²) in [4.78, 5) is 16.3. The molecule has 1 unspecified atom stereocenters. The van der Waals surface area contributed by atoms with E-state index in [1.165, 1.54) is 7.11 Å². The molecule has 0 aliphatic carbocycles. The molecule has 1 aromatic carbocycles. The van der Waals surface area contributed by atoms with Gasteiger partial charge in [0.15, 0.2) is 5.54 Å². The molecule has 1 N–H and O–H groups in total. The van der Waals surface area contributed by atoms with Crippen molar-refractivity contribution >= 4 is 5.97 Å². The Labute approximate surface area is 112 Å². The fourth-order valence-electron chi connectivity index (χ4n) is 2.15. The van der Waals surface area contributed by atoms with Gasteiger partial charge in [-0.2, -0.15) is 0 Å². The molecule has 5 heteroatoms. The lowest BCUT2D eigenvalue weighted by Crippen LogP contribution is -2.51. The van der Waals surface area contributed by atoms with Gasteiger partial charge in [-0.15, -0.1) is 0 Å². The molecule has 0 fully saturated rings. The van der Waals surface area contributed by atoms with Crippen molar-refractivity contribution in [1.82, 2.24) is 14.9 Å². The summed E-state index contributed by atoms with van der Waals surface area (Å²) in [6.45, 7) is 0.417. The highest BCUT2D eigenvalue weighted by Crippen LogP contribution is 2.24. The summed E-state index contributed by atoms with van der Waals surface area (Å²) >= 11 is 0. The normalized spacial score (nSPS) is 13.8. The Morgan fingerprint density at radius 2 is 2.16 bits per heavy atom. The van der Waals surface area contributed by atoms with Crippen LogP contribution in [0.5, 0.6) is 0 Å². The number of esters is 1. The molecule has 0 radical (unpaired) electrons. The maximum atomic E-state index is 12.3. The van der Waals surface area contributed by atoms with Gasteiger partial charge in [0.2, 0.25) is 0 Å². The zero-order valence-electron chi connectivity index (χ0n) is 11.0. The van der Waals surface area contributed by atoms with E-state index in [0.717, 1.165) is 5.56 Å². The molecule has 0 saturated carbocycles. The highest BCUT2D eigenvalue weighted by atomic mass is 16.5. The van der Waals surface area contributed by atoms with Crippen LogP contribution in [0.1, 0.15) is 5.56 Å². The van der Waals surface area contributed by atoms with Gasteiger partial charge in [0.25, 0.3) is 0 Å². The molecular formula is C14H17N3O2. The molecule has 19 heavy (non-hydrogen) atoms. The van der Waals surface area contributed by atoms with E-state index in [-0.39, 0.29) is 5.97 Å². The van der Waals surface area contributed by atoms with Gasteiger partial charge in [-0.3, -0.25) is 5.32 Å². The third-order valence-corrected chi connectivity index (χ3v) is 3.21. The van der Waals surface area contributed by atoms with Crippen LogP contribution in [-0.4, -0.2) is 29.7 Å². The summed E-state index contributed by atoms with van der Waals surface area (Å²) in [5.41, 5.74) is -0.0606. The Kier molecular flexibility index (Phi) is 3.97. The molecule has 1 aromatic heterocycles. The minimum absolute atomic E-state index is 0.324. The number of ether oxygens (including phenoxy) is 1. The van der Waals surface area contributed by atoms with Crippen molar-refractivity contribution in [2.45, 2.75) is 12.1 Å². The van der Waals surface area contributed by atoms with Crippen LogP contribution in [0.4, 0.5) is 0 Å². The predicted molar refractivity (Wildman–Crippen MR) is 71.4 cm³/mol. The zero-order valence-corrected chi connectivity index (χ0v) is 11.0. The third-order valence-electron chi connectivity index (χ3n) is 3.21. The van der Waals surface area contributed by atoms with E-state index in [9.17, 15) is 4.79 Å². The number of likely N-dealkylation sites (N-methyl/N-ethyl adjacent to an activating group) is 1. The SMILES string of the molecule is CNC(Cn1ccnc1)(C(=O)OC)c1ccccc1. The number of nitrogens with zero attached hydrogens (tertiary/aromatic N) is 2. The smallest absolute Gasteiger partial charge is 0.332 e. The second-order valence-electron chi connectivity index (χ2n) is 4.25. The fraction of sp³-hybridized carbons (Fsp3) is 0.286. The highest BCUT2D eigenvalue weighted by molar-refractivity contribution is 5.82.